The highest BCUT2D eigenvalue weighted by molar-refractivity contribution is 5.79. The van der Waals surface area contributed by atoms with Crippen molar-refractivity contribution in [1.82, 2.24) is 5.32 Å². The first-order valence-electron chi connectivity index (χ1n) is 7.22. The quantitative estimate of drug-likeness (QED) is 0.898. The highest BCUT2D eigenvalue weighted by atomic mass is 19.3. The van der Waals surface area contributed by atoms with E-state index >= 15 is 0 Å². The number of amides is 1. The minimum Gasteiger partial charge on any atom is -0.394 e. The first-order chi connectivity index (χ1) is 9.86. The van der Waals surface area contributed by atoms with Crippen LogP contribution in [0.5, 0.6) is 0 Å². The lowest BCUT2D eigenvalue weighted by Crippen LogP contribution is -2.49. The van der Waals surface area contributed by atoms with Gasteiger partial charge in [0.1, 0.15) is 0 Å². The van der Waals surface area contributed by atoms with Crippen LogP contribution in [0.1, 0.15) is 38.2 Å². The van der Waals surface area contributed by atoms with Gasteiger partial charge in [0.05, 0.1) is 12.1 Å². The second kappa shape index (κ2) is 6.10. The van der Waals surface area contributed by atoms with Gasteiger partial charge in [0.15, 0.2) is 0 Å². The van der Waals surface area contributed by atoms with E-state index in [1.165, 1.54) is 0 Å². The number of carbonyl (C=O) groups excluding carboxylic acids is 1. The van der Waals surface area contributed by atoms with Crippen LogP contribution in [0.15, 0.2) is 30.3 Å². The average Bonchev–Trinajstić information content (AvgIpc) is 2.47. The van der Waals surface area contributed by atoms with Gasteiger partial charge in [-0.25, -0.2) is 8.78 Å². The van der Waals surface area contributed by atoms with Gasteiger partial charge < -0.3 is 10.4 Å². The highest BCUT2D eigenvalue weighted by Gasteiger charge is 2.39. The molecule has 1 aliphatic rings. The van der Waals surface area contributed by atoms with E-state index in [2.05, 4.69) is 5.32 Å². The minimum absolute atomic E-state index is 0.190. The van der Waals surface area contributed by atoms with E-state index in [-0.39, 0.29) is 38.2 Å². The standard InChI is InChI=1S/C16H21F2NO2/c1-15(11-20,13-5-3-2-4-6-13)19-14(21)12-7-9-16(17,18)10-8-12/h2-6,12,20H,7-11H2,1H3,(H,19,21). The number of benzene rings is 1. The Morgan fingerprint density at radius 3 is 2.43 bits per heavy atom. The van der Waals surface area contributed by atoms with Crippen molar-refractivity contribution in [3.8, 4) is 0 Å². The molecular weight excluding hydrogens is 276 g/mol. The van der Waals surface area contributed by atoms with Gasteiger partial charge in [-0.2, -0.15) is 0 Å². The molecule has 1 amide bonds. The molecule has 0 radical (unpaired) electrons. The summed E-state index contributed by atoms with van der Waals surface area (Å²) in [7, 11) is 0. The molecule has 0 aromatic heterocycles. The molecule has 0 spiro atoms. The molecule has 1 aliphatic carbocycles. The Morgan fingerprint density at radius 1 is 1.33 bits per heavy atom. The van der Waals surface area contributed by atoms with Crippen molar-refractivity contribution >= 4 is 5.91 Å². The van der Waals surface area contributed by atoms with E-state index in [1.54, 1.807) is 6.92 Å². The molecule has 2 rings (SSSR count). The maximum atomic E-state index is 13.1. The molecule has 5 heteroatoms. The normalized spacial score (nSPS) is 21.5. The summed E-state index contributed by atoms with van der Waals surface area (Å²) in [6.45, 7) is 1.49. The number of aliphatic hydroxyl groups excluding tert-OH is 1. The Labute approximate surface area is 123 Å². The summed E-state index contributed by atoms with van der Waals surface area (Å²) in [5.74, 6) is -3.30. The molecule has 1 saturated carbocycles. The number of rotatable bonds is 4. The summed E-state index contributed by atoms with van der Waals surface area (Å²) in [5.41, 5.74) is -0.0971. The van der Waals surface area contributed by atoms with Crippen LogP contribution in [-0.2, 0) is 10.3 Å². The van der Waals surface area contributed by atoms with Crippen molar-refractivity contribution < 1.29 is 18.7 Å². The van der Waals surface area contributed by atoms with Crippen LogP contribution in [0.25, 0.3) is 0 Å². The number of alkyl halides is 2. The summed E-state index contributed by atoms with van der Waals surface area (Å²) in [4.78, 5) is 12.3. The third kappa shape index (κ3) is 3.79. The molecule has 21 heavy (non-hydrogen) atoms. The lowest BCUT2D eigenvalue weighted by atomic mass is 9.84. The molecule has 0 heterocycles. The van der Waals surface area contributed by atoms with Crippen molar-refractivity contribution in [2.24, 2.45) is 5.92 Å². The average molecular weight is 297 g/mol. The number of carbonyl (C=O) groups is 1. The SMILES string of the molecule is CC(CO)(NC(=O)C1CCC(F)(F)CC1)c1ccccc1. The van der Waals surface area contributed by atoms with Crippen LogP contribution in [0, 0.1) is 5.92 Å². The van der Waals surface area contributed by atoms with E-state index in [4.69, 9.17) is 0 Å². The molecule has 3 nitrogen and oxygen atoms in total. The number of hydrogen-bond acceptors (Lipinski definition) is 2. The fraction of sp³-hybridized carbons (Fsp3) is 0.562. The van der Waals surface area contributed by atoms with Crippen LogP contribution < -0.4 is 5.32 Å². The molecule has 1 unspecified atom stereocenters. The van der Waals surface area contributed by atoms with Gasteiger partial charge in [-0.3, -0.25) is 4.79 Å². The number of aliphatic hydroxyl groups is 1. The largest absolute Gasteiger partial charge is 0.394 e. The lowest BCUT2D eigenvalue weighted by Gasteiger charge is -2.33. The maximum absolute atomic E-state index is 13.1. The lowest BCUT2D eigenvalue weighted by molar-refractivity contribution is -0.131. The topological polar surface area (TPSA) is 49.3 Å². The molecule has 116 valence electrons. The monoisotopic (exact) mass is 297 g/mol. The second-order valence-electron chi connectivity index (χ2n) is 5.98. The minimum atomic E-state index is -2.64. The molecule has 2 N–H and O–H groups in total. The van der Waals surface area contributed by atoms with Gasteiger partial charge >= 0.3 is 0 Å². The summed E-state index contributed by atoms with van der Waals surface area (Å²) in [6, 6.07) is 9.16. The van der Waals surface area contributed by atoms with Gasteiger partial charge in [-0.15, -0.1) is 0 Å². The molecule has 1 aromatic rings. The number of nitrogens with one attached hydrogen (secondary N) is 1. The van der Waals surface area contributed by atoms with E-state index in [1.807, 2.05) is 30.3 Å². The highest BCUT2D eigenvalue weighted by Crippen LogP contribution is 2.36. The van der Waals surface area contributed by atoms with Crippen molar-refractivity contribution in [2.75, 3.05) is 6.61 Å². The fourth-order valence-corrected chi connectivity index (χ4v) is 2.69. The molecule has 1 atom stereocenters. The third-order valence-electron chi connectivity index (χ3n) is 4.21. The van der Waals surface area contributed by atoms with Crippen LogP contribution in [-0.4, -0.2) is 23.5 Å². The summed E-state index contributed by atoms with van der Waals surface area (Å²) >= 11 is 0. The van der Waals surface area contributed by atoms with Crippen molar-refractivity contribution in [3.05, 3.63) is 35.9 Å². The Balaban J connectivity index is 2.04. The summed E-state index contributed by atoms with van der Waals surface area (Å²) in [5, 5.41) is 12.5. The number of halogens is 2. The molecule has 0 saturated heterocycles. The van der Waals surface area contributed by atoms with Crippen molar-refractivity contribution in [2.45, 2.75) is 44.1 Å². The summed E-state index contributed by atoms with van der Waals surface area (Å²) in [6.07, 6.45) is -0.108. The van der Waals surface area contributed by atoms with Gasteiger partial charge in [-0.05, 0) is 25.3 Å². The maximum Gasteiger partial charge on any atom is 0.248 e. The van der Waals surface area contributed by atoms with E-state index < -0.39 is 17.4 Å². The third-order valence-corrected chi connectivity index (χ3v) is 4.21. The molecule has 0 aliphatic heterocycles. The Hall–Kier alpha value is -1.49. The first-order valence-corrected chi connectivity index (χ1v) is 7.22. The van der Waals surface area contributed by atoms with Crippen LogP contribution >= 0.6 is 0 Å². The van der Waals surface area contributed by atoms with Gasteiger partial charge in [0.25, 0.3) is 0 Å². The molecule has 0 bridgehead atoms. The smallest absolute Gasteiger partial charge is 0.248 e. The van der Waals surface area contributed by atoms with Crippen molar-refractivity contribution in [1.29, 1.82) is 0 Å². The Kier molecular flexibility index (Phi) is 4.61. The van der Waals surface area contributed by atoms with E-state index in [9.17, 15) is 18.7 Å². The Morgan fingerprint density at radius 2 is 1.90 bits per heavy atom. The van der Waals surface area contributed by atoms with Crippen LogP contribution in [0.3, 0.4) is 0 Å². The zero-order valence-electron chi connectivity index (χ0n) is 12.1. The first kappa shape index (κ1) is 15.9. The van der Waals surface area contributed by atoms with Gasteiger partial charge in [0.2, 0.25) is 11.8 Å². The van der Waals surface area contributed by atoms with Crippen molar-refractivity contribution in [3.63, 3.8) is 0 Å². The molecule has 1 fully saturated rings. The predicted octanol–water partition coefficient (Wildman–Crippen LogP) is 2.84. The van der Waals surface area contributed by atoms with Crippen LogP contribution in [0.4, 0.5) is 8.78 Å². The second-order valence-corrected chi connectivity index (χ2v) is 5.98. The summed E-state index contributed by atoms with van der Waals surface area (Å²) < 4.78 is 26.3. The Bertz CT molecular complexity index is 482. The molecule has 1 aromatic carbocycles. The predicted molar refractivity (Wildman–Crippen MR) is 75.9 cm³/mol. The van der Waals surface area contributed by atoms with Gasteiger partial charge in [0, 0.05) is 18.8 Å². The van der Waals surface area contributed by atoms with Gasteiger partial charge in [-0.1, -0.05) is 30.3 Å². The fourth-order valence-electron chi connectivity index (χ4n) is 2.69. The van der Waals surface area contributed by atoms with Crippen LogP contribution in [0.2, 0.25) is 0 Å². The molecular formula is C16H21F2NO2. The van der Waals surface area contributed by atoms with E-state index in [0.717, 1.165) is 5.56 Å². The zero-order valence-corrected chi connectivity index (χ0v) is 12.1. The zero-order chi connectivity index (χ0) is 15.5. The number of hydrogen-bond donors (Lipinski definition) is 2. The van der Waals surface area contributed by atoms with E-state index in [0.29, 0.717) is 0 Å².